The summed E-state index contributed by atoms with van der Waals surface area (Å²) in [6.45, 7) is 1.90. The van der Waals surface area contributed by atoms with Gasteiger partial charge in [0.2, 0.25) is 0 Å². The fourth-order valence-electron chi connectivity index (χ4n) is 3.79. The van der Waals surface area contributed by atoms with Gasteiger partial charge < -0.3 is 14.8 Å². The van der Waals surface area contributed by atoms with Gasteiger partial charge in [0.1, 0.15) is 17.6 Å². The molecule has 4 rings (SSSR count). The van der Waals surface area contributed by atoms with Crippen LogP contribution in [-0.4, -0.2) is 24.2 Å². The van der Waals surface area contributed by atoms with Crippen LogP contribution >= 0.6 is 0 Å². The van der Waals surface area contributed by atoms with E-state index in [1.165, 1.54) is 12.8 Å². The molecular weight excluding hydrogens is 266 g/mol. The predicted octanol–water partition coefficient (Wildman–Crippen LogP) is 2.45. The molecule has 0 aromatic heterocycles. The maximum Gasteiger partial charge on any atom is 0.314 e. The van der Waals surface area contributed by atoms with Crippen molar-refractivity contribution in [1.29, 1.82) is 0 Å². The molecule has 112 valence electrons. The van der Waals surface area contributed by atoms with Crippen molar-refractivity contribution in [2.75, 3.05) is 0 Å². The Bertz CT molecular complexity index is 559. The van der Waals surface area contributed by atoms with Crippen LogP contribution in [0.2, 0.25) is 0 Å². The molecule has 4 nitrogen and oxygen atoms in total. The summed E-state index contributed by atoms with van der Waals surface area (Å²) in [6.07, 6.45) is 5.72. The molecule has 3 atom stereocenters. The van der Waals surface area contributed by atoms with E-state index in [1.54, 1.807) is 0 Å². The van der Waals surface area contributed by atoms with Crippen molar-refractivity contribution in [3.05, 3.63) is 23.8 Å². The van der Waals surface area contributed by atoms with Gasteiger partial charge in [-0.3, -0.25) is 4.79 Å². The van der Waals surface area contributed by atoms with Gasteiger partial charge in [-0.15, -0.1) is 0 Å². The van der Waals surface area contributed by atoms with Crippen molar-refractivity contribution >= 4 is 5.97 Å². The molecule has 0 amide bonds. The molecule has 3 unspecified atom stereocenters. The maximum absolute atomic E-state index is 11.7. The first kappa shape index (κ1) is 13.1. The van der Waals surface area contributed by atoms with Gasteiger partial charge in [0, 0.05) is 18.2 Å². The zero-order valence-electron chi connectivity index (χ0n) is 12.3. The molecular formula is C17H21NO3. The van der Waals surface area contributed by atoms with Crippen LogP contribution in [0.1, 0.15) is 38.2 Å². The van der Waals surface area contributed by atoms with Gasteiger partial charge in [0.15, 0.2) is 0 Å². The zero-order chi connectivity index (χ0) is 14.4. The smallest absolute Gasteiger partial charge is 0.314 e. The Morgan fingerprint density at radius 1 is 1.24 bits per heavy atom. The highest BCUT2D eigenvalue weighted by Gasteiger charge is 2.34. The molecule has 0 saturated carbocycles. The third-order valence-corrected chi connectivity index (χ3v) is 4.91. The van der Waals surface area contributed by atoms with Crippen molar-refractivity contribution < 1.29 is 14.3 Å². The van der Waals surface area contributed by atoms with E-state index < -0.39 is 0 Å². The highest BCUT2D eigenvalue weighted by Crippen LogP contribution is 2.34. The SMILES string of the molecule is CC1Cc2ccc(OC3CC4CCC(C3)N4)cc2OC1=O. The van der Waals surface area contributed by atoms with Gasteiger partial charge in [-0.1, -0.05) is 13.0 Å². The first-order chi connectivity index (χ1) is 10.2. The van der Waals surface area contributed by atoms with E-state index in [9.17, 15) is 4.79 Å². The van der Waals surface area contributed by atoms with E-state index in [0.29, 0.717) is 17.8 Å². The second-order valence-electron chi connectivity index (χ2n) is 6.64. The molecule has 3 aliphatic rings. The molecule has 0 aliphatic carbocycles. The van der Waals surface area contributed by atoms with Gasteiger partial charge >= 0.3 is 5.97 Å². The fourth-order valence-corrected chi connectivity index (χ4v) is 3.79. The lowest BCUT2D eigenvalue weighted by Gasteiger charge is -2.30. The van der Waals surface area contributed by atoms with Crippen molar-refractivity contribution in [1.82, 2.24) is 5.32 Å². The van der Waals surface area contributed by atoms with Crippen LogP contribution in [0.4, 0.5) is 0 Å². The Labute approximate surface area is 124 Å². The van der Waals surface area contributed by atoms with Crippen LogP contribution < -0.4 is 14.8 Å². The number of ether oxygens (including phenoxy) is 2. The Hall–Kier alpha value is -1.55. The van der Waals surface area contributed by atoms with E-state index in [-0.39, 0.29) is 18.0 Å². The third-order valence-electron chi connectivity index (χ3n) is 4.91. The van der Waals surface area contributed by atoms with Crippen molar-refractivity contribution in [2.45, 2.75) is 57.2 Å². The number of hydrogen-bond donors (Lipinski definition) is 1. The molecule has 2 saturated heterocycles. The monoisotopic (exact) mass is 287 g/mol. The lowest BCUT2D eigenvalue weighted by molar-refractivity contribution is -0.139. The first-order valence-electron chi connectivity index (χ1n) is 7.94. The summed E-state index contributed by atoms with van der Waals surface area (Å²) in [5.74, 6) is 1.30. The topological polar surface area (TPSA) is 47.6 Å². The second kappa shape index (κ2) is 5.02. The van der Waals surface area contributed by atoms with E-state index in [4.69, 9.17) is 9.47 Å². The molecule has 4 heteroatoms. The van der Waals surface area contributed by atoms with E-state index in [0.717, 1.165) is 30.6 Å². The first-order valence-corrected chi connectivity index (χ1v) is 7.94. The van der Waals surface area contributed by atoms with Crippen molar-refractivity contribution in [2.24, 2.45) is 5.92 Å². The molecule has 0 spiro atoms. The Kier molecular flexibility index (Phi) is 3.14. The average Bonchev–Trinajstić information content (AvgIpc) is 2.80. The molecule has 2 bridgehead atoms. The van der Waals surface area contributed by atoms with E-state index >= 15 is 0 Å². The van der Waals surface area contributed by atoms with Crippen LogP contribution in [0.5, 0.6) is 11.5 Å². The Morgan fingerprint density at radius 3 is 2.76 bits per heavy atom. The largest absolute Gasteiger partial charge is 0.490 e. The van der Waals surface area contributed by atoms with E-state index in [2.05, 4.69) is 5.32 Å². The number of hydrogen-bond acceptors (Lipinski definition) is 4. The molecule has 3 aliphatic heterocycles. The predicted molar refractivity (Wildman–Crippen MR) is 78.5 cm³/mol. The summed E-state index contributed by atoms with van der Waals surface area (Å²) in [7, 11) is 0. The molecule has 3 heterocycles. The molecule has 2 fully saturated rings. The number of esters is 1. The normalized spacial score (nSPS) is 34.2. The standard InChI is InChI=1S/C17H21NO3/c1-10-6-11-2-5-14(9-16(11)21-17(10)19)20-15-7-12-3-4-13(8-15)18-12/h2,5,9-10,12-13,15,18H,3-4,6-8H2,1H3. The average molecular weight is 287 g/mol. The van der Waals surface area contributed by atoms with Crippen LogP contribution in [0, 0.1) is 5.92 Å². The summed E-state index contributed by atoms with van der Waals surface area (Å²) in [4.78, 5) is 11.7. The minimum absolute atomic E-state index is 0.0516. The van der Waals surface area contributed by atoms with Gasteiger partial charge in [0.05, 0.1) is 5.92 Å². The number of rotatable bonds is 2. The number of benzene rings is 1. The quantitative estimate of drug-likeness (QED) is 0.670. The fraction of sp³-hybridized carbons (Fsp3) is 0.588. The number of carbonyl (C=O) groups is 1. The van der Waals surface area contributed by atoms with Gasteiger partial charge in [-0.05, 0) is 43.7 Å². The van der Waals surface area contributed by atoms with Gasteiger partial charge in [0.25, 0.3) is 0 Å². The minimum Gasteiger partial charge on any atom is -0.490 e. The van der Waals surface area contributed by atoms with Crippen molar-refractivity contribution in [3.63, 3.8) is 0 Å². The van der Waals surface area contributed by atoms with Crippen LogP contribution in [0.15, 0.2) is 18.2 Å². The third kappa shape index (κ3) is 2.53. The molecule has 1 aromatic carbocycles. The lowest BCUT2D eigenvalue weighted by atomic mass is 9.97. The molecule has 1 aromatic rings. The summed E-state index contributed by atoms with van der Waals surface area (Å²) in [5, 5.41) is 3.62. The number of nitrogens with one attached hydrogen (secondary N) is 1. The summed E-state index contributed by atoms with van der Waals surface area (Å²) in [6, 6.07) is 7.15. The lowest BCUT2D eigenvalue weighted by Crippen LogP contribution is -2.42. The highest BCUT2D eigenvalue weighted by molar-refractivity contribution is 5.77. The minimum atomic E-state index is -0.139. The molecule has 1 N–H and O–H groups in total. The van der Waals surface area contributed by atoms with Crippen LogP contribution in [-0.2, 0) is 11.2 Å². The van der Waals surface area contributed by atoms with Gasteiger partial charge in [-0.2, -0.15) is 0 Å². The Balaban J connectivity index is 1.49. The number of piperidine rings is 1. The second-order valence-corrected chi connectivity index (χ2v) is 6.64. The van der Waals surface area contributed by atoms with E-state index in [1.807, 2.05) is 25.1 Å². The summed E-state index contributed by atoms with van der Waals surface area (Å²) in [5.41, 5.74) is 1.10. The number of fused-ring (bicyclic) bond motifs is 3. The van der Waals surface area contributed by atoms with Gasteiger partial charge in [-0.25, -0.2) is 0 Å². The summed E-state index contributed by atoms with van der Waals surface area (Å²) >= 11 is 0. The van der Waals surface area contributed by atoms with Crippen LogP contribution in [0.25, 0.3) is 0 Å². The maximum atomic E-state index is 11.7. The van der Waals surface area contributed by atoms with Crippen LogP contribution in [0.3, 0.4) is 0 Å². The van der Waals surface area contributed by atoms with Crippen molar-refractivity contribution in [3.8, 4) is 11.5 Å². The number of carbonyl (C=O) groups excluding carboxylic acids is 1. The molecule has 0 radical (unpaired) electrons. The summed E-state index contributed by atoms with van der Waals surface area (Å²) < 4.78 is 11.5. The molecule has 21 heavy (non-hydrogen) atoms. The highest BCUT2D eigenvalue weighted by atomic mass is 16.5. The zero-order valence-corrected chi connectivity index (χ0v) is 12.3. The Morgan fingerprint density at radius 2 is 2.00 bits per heavy atom.